The topological polar surface area (TPSA) is 32.7 Å². The van der Waals surface area contributed by atoms with Gasteiger partial charge in [-0.15, -0.1) is 0 Å². The molecule has 1 unspecified atom stereocenters. The van der Waals surface area contributed by atoms with Crippen molar-refractivity contribution in [3.63, 3.8) is 0 Å². The number of nitrogens with zero attached hydrogens (tertiary/aromatic N) is 1. The van der Waals surface area contributed by atoms with E-state index in [4.69, 9.17) is 4.74 Å². The van der Waals surface area contributed by atoms with E-state index in [0.29, 0.717) is 19.8 Å². The zero-order valence-corrected chi connectivity index (χ0v) is 12.0. The van der Waals surface area contributed by atoms with Gasteiger partial charge in [-0.05, 0) is 31.7 Å². The standard InChI is InChI=1S/C13H20BrNO2/c1-3-17-10-13(16)9-15(2)8-11-5-4-6-12(14)7-11/h4-7,13,16H,3,8-10H2,1-2H3. The SMILES string of the molecule is CCOCC(O)CN(C)Cc1cccc(Br)c1. The second-order valence-corrected chi connectivity index (χ2v) is 5.06. The highest BCUT2D eigenvalue weighted by Gasteiger charge is 2.08. The second-order valence-electron chi connectivity index (χ2n) is 4.14. The van der Waals surface area contributed by atoms with Crippen LogP contribution in [0.3, 0.4) is 0 Å². The zero-order valence-electron chi connectivity index (χ0n) is 10.4. The molecule has 1 atom stereocenters. The van der Waals surface area contributed by atoms with Crippen LogP contribution in [-0.2, 0) is 11.3 Å². The van der Waals surface area contributed by atoms with E-state index in [1.54, 1.807) is 0 Å². The molecule has 17 heavy (non-hydrogen) atoms. The minimum absolute atomic E-state index is 0.402. The monoisotopic (exact) mass is 301 g/mol. The molecule has 0 heterocycles. The van der Waals surface area contributed by atoms with Gasteiger partial charge in [0.15, 0.2) is 0 Å². The van der Waals surface area contributed by atoms with Gasteiger partial charge < -0.3 is 9.84 Å². The fourth-order valence-corrected chi connectivity index (χ4v) is 2.12. The van der Waals surface area contributed by atoms with Crippen LogP contribution in [0.15, 0.2) is 28.7 Å². The van der Waals surface area contributed by atoms with Gasteiger partial charge >= 0.3 is 0 Å². The Labute approximate surface area is 112 Å². The van der Waals surface area contributed by atoms with Crippen molar-refractivity contribution in [3.8, 4) is 0 Å². The third-order valence-corrected chi connectivity index (χ3v) is 2.87. The summed E-state index contributed by atoms with van der Waals surface area (Å²) < 4.78 is 6.26. The van der Waals surface area contributed by atoms with Crippen molar-refractivity contribution in [2.75, 3.05) is 26.8 Å². The van der Waals surface area contributed by atoms with Gasteiger partial charge in [0.2, 0.25) is 0 Å². The van der Waals surface area contributed by atoms with E-state index in [0.717, 1.165) is 11.0 Å². The third kappa shape index (κ3) is 6.17. The lowest BCUT2D eigenvalue weighted by molar-refractivity contribution is 0.0244. The van der Waals surface area contributed by atoms with Crippen LogP contribution in [0.5, 0.6) is 0 Å². The minimum Gasteiger partial charge on any atom is -0.389 e. The van der Waals surface area contributed by atoms with Crippen LogP contribution in [-0.4, -0.2) is 42.9 Å². The van der Waals surface area contributed by atoms with E-state index in [1.807, 2.05) is 26.1 Å². The van der Waals surface area contributed by atoms with Crippen molar-refractivity contribution in [1.29, 1.82) is 0 Å². The molecular formula is C13H20BrNO2. The average Bonchev–Trinajstić information content (AvgIpc) is 2.26. The lowest BCUT2D eigenvalue weighted by Gasteiger charge is -2.20. The Morgan fingerprint density at radius 3 is 2.88 bits per heavy atom. The fourth-order valence-electron chi connectivity index (χ4n) is 1.68. The highest BCUT2D eigenvalue weighted by Crippen LogP contribution is 2.13. The molecule has 0 aliphatic carbocycles. The maximum Gasteiger partial charge on any atom is 0.0900 e. The lowest BCUT2D eigenvalue weighted by atomic mass is 10.2. The van der Waals surface area contributed by atoms with E-state index in [-0.39, 0.29) is 0 Å². The van der Waals surface area contributed by atoms with E-state index in [9.17, 15) is 5.11 Å². The molecule has 0 aliphatic rings. The van der Waals surface area contributed by atoms with E-state index >= 15 is 0 Å². The molecule has 0 aliphatic heterocycles. The molecule has 96 valence electrons. The average molecular weight is 302 g/mol. The van der Waals surface area contributed by atoms with Crippen molar-refractivity contribution in [3.05, 3.63) is 34.3 Å². The first-order valence-corrected chi connectivity index (χ1v) is 6.60. The quantitative estimate of drug-likeness (QED) is 0.839. The van der Waals surface area contributed by atoms with Gasteiger partial charge in [0.25, 0.3) is 0 Å². The molecule has 0 saturated carbocycles. The number of ether oxygens (including phenoxy) is 1. The summed E-state index contributed by atoms with van der Waals surface area (Å²) in [5, 5.41) is 9.71. The molecule has 0 bridgehead atoms. The molecule has 1 aromatic carbocycles. The largest absolute Gasteiger partial charge is 0.389 e. The van der Waals surface area contributed by atoms with Gasteiger partial charge in [0.1, 0.15) is 0 Å². The fraction of sp³-hybridized carbons (Fsp3) is 0.538. The van der Waals surface area contributed by atoms with Crippen LogP contribution in [0, 0.1) is 0 Å². The Hall–Kier alpha value is -0.420. The van der Waals surface area contributed by atoms with Crippen molar-refractivity contribution in [1.82, 2.24) is 4.90 Å². The first-order valence-electron chi connectivity index (χ1n) is 5.80. The Morgan fingerprint density at radius 1 is 1.47 bits per heavy atom. The Bertz CT molecular complexity index is 333. The molecule has 0 saturated heterocycles. The first kappa shape index (κ1) is 14.6. The molecule has 3 nitrogen and oxygen atoms in total. The third-order valence-electron chi connectivity index (χ3n) is 2.38. The molecule has 4 heteroatoms. The number of aliphatic hydroxyl groups excluding tert-OH is 1. The normalized spacial score (nSPS) is 13.0. The summed E-state index contributed by atoms with van der Waals surface area (Å²) in [6.45, 7) is 4.42. The Balaban J connectivity index is 2.36. The minimum atomic E-state index is -0.424. The summed E-state index contributed by atoms with van der Waals surface area (Å²) >= 11 is 3.45. The summed E-state index contributed by atoms with van der Waals surface area (Å²) in [6.07, 6.45) is -0.424. The molecule has 1 aromatic rings. The van der Waals surface area contributed by atoms with E-state index in [1.165, 1.54) is 5.56 Å². The number of halogens is 1. The highest BCUT2D eigenvalue weighted by molar-refractivity contribution is 9.10. The summed E-state index contributed by atoms with van der Waals surface area (Å²) in [7, 11) is 2.00. The number of aliphatic hydroxyl groups is 1. The molecular weight excluding hydrogens is 282 g/mol. The van der Waals surface area contributed by atoms with Crippen molar-refractivity contribution < 1.29 is 9.84 Å². The molecule has 0 fully saturated rings. The van der Waals surface area contributed by atoms with Gasteiger partial charge in [0, 0.05) is 24.2 Å². The predicted molar refractivity (Wildman–Crippen MR) is 73.0 cm³/mol. The van der Waals surface area contributed by atoms with Crippen molar-refractivity contribution in [2.45, 2.75) is 19.6 Å². The smallest absolute Gasteiger partial charge is 0.0900 e. The number of hydrogen-bond acceptors (Lipinski definition) is 3. The molecule has 0 aromatic heterocycles. The Morgan fingerprint density at radius 2 is 2.24 bits per heavy atom. The van der Waals surface area contributed by atoms with E-state index < -0.39 is 6.10 Å². The zero-order chi connectivity index (χ0) is 12.7. The van der Waals surface area contributed by atoms with Gasteiger partial charge in [0.05, 0.1) is 12.7 Å². The second kappa shape index (κ2) is 7.82. The van der Waals surface area contributed by atoms with Gasteiger partial charge in [-0.1, -0.05) is 28.1 Å². The van der Waals surface area contributed by atoms with Crippen LogP contribution < -0.4 is 0 Å². The number of benzene rings is 1. The summed E-state index contributed by atoms with van der Waals surface area (Å²) in [5.41, 5.74) is 1.23. The maximum atomic E-state index is 9.71. The molecule has 0 radical (unpaired) electrons. The number of rotatable bonds is 7. The summed E-state index contributed by atoms with van der Waals surface area (Å²) in [5.74, 6) is 0. The molecule has 0 spiro atoms. The summed E-state index contributed by atoms with van der Waals surface area (Å²) in [6, 6.07) is 8.19. The van der Waals surface area contributed by atoms with Crippen molar-refractivity contribution >= 4 is 15.9 Å². The number of likely N-dealkylation sites (N-methyl/N-ethyl adjacent to an activating group) is 1. The van der Waals surface area contributed by atoms with Gasteiger partial charge in [-0.3, -0.25) is 4.90 Å². The molecule has 1 N–H and O–H groups in total. The van der Waals surface area contributed by atoms with Crippen LogP contribution in [0.4, 0.5) is 0 Å². The van der Waals surface area contributed by atoms with Crippen LogP contribution in [0.1, 0.15) is 12.5 Å². The summed E-state index contributed by atoms with van der Waals surface area (Å²) in [4.78, 5) is 2.09. The van der Waals surface area contributed by atoms with Crippen LogP contribution >= 0.6 is 15.9 Å². The molecule has 1 rings (SSSR count). The van der Waals surface area contributed by atoms with Crippen LogP contribution in [0.25, 0.3) is 0 Å². The maximum absolute atomic E-state index is 9.71. The van der Waals surface area contributed by atoms with Crippen LogP contribution in [0.2, 0.25) is 0 Å². The highest BCUT2D eigenvalue weighted by atomic mass is 79.9. The first-order chi connectivity index (χ1) is 8.11. The lowest BCUT2D eigenvalue weighted by Crippen LogP contribution is -2.31. The predicted octanol–water partition coefficient (Wildman–Crippen LogP) is 2.28. The Kier molecular flexibility index (Phi) is 6.73. The van der Waals surface area contributed by atoms with E-state index in [2.05, 4.69) is 33.0 Å². The van der Waals surface area contributed by atoms with Gasteiger partial charge in [-0.2, -0.15) is 0 Å². The van der Waals surface area contributed by atoms with Crippen molar-refractivity contribution in [2.24, 2.45) is 0 Å². The van der Waals surface area contributed by atoms with Gasteiger partial charge in [-0.25, -0.2) is 0 Å². The molecule has 0 amide bonds. The number of hydrogen-bond donors (Lipinski definition) is 1.